The van der Waals surface area contributed by atoms with Gasteiger partial charge in [0.1, 0.15) is 5.82 Å². The molecule has 0 amide bonds. The van der Waals surface area contributed by atoms with Crippen LogP contribution in [0.15, 0.2) is 12.3 Å². The first kappa shape index (κ1) is 14.3. The molecule has 0 aromatic carbocycles. The fraction of sp³-hybridized carbons (Fsp3) is 0.692. The van der Waals surface area contributed by atoms with Crippen LogP contribution < -0.4 is 10.6 Å². The molecule has 0 atom stereocenters. The van der Waals surface area contributed by atoms with E-state index in [1.54, 1.807) is 12.3 Å². The first-order valence-electron chi connectivity index (χ1n) is 6.70. The zero-order valence-electron chi connectivity index (χ0n) is 12.5. The minimum atomic E-state index is -1.67. The van der Waals surface area contributed by atoms with Crippen LogP contribution >= 0.6 is 0 Å². The molecule has 1 fully saturated rings. The van der Waals surface area contributed by atoms with Crippen molar-refractivity contribution in [1.29, 1.82) is 0 Å². The number of hydrogen-bond donors (Lipinski definition) is 1. The Morgan fingerprint density at radius 2 is 2.00 bits per heavy atom. The summed E-state index contributed by atoms with van der Waals surface area (Å²) in [6, 6.07) is 1.70. The maximum atomic E-state index is 6.33. The molecular weight excluding hydrogens is 256 g/mol. The summed E-state index contributed by atoms with van der Waals surface area (Å²) in [6.07, 6.45) is 1.99. The van der Waals surface area contributed by atoms with Gasteiger partial charge in [-0.05, 0) is 24.2 Å². The molecule has 0 aliphatic carbocycles. The van der Waals surface area contributed by atoms with Crippen LogP contribution in [0.2, 0.25) is 18.1 Å². The van der Waals surface area contributed by atoms with Crippen molar-refractivity contribution in [3.8, 4) is 0 Å². The van der Waals surface area contributed by atoms with E-state index < -0.39 is 8.32 Å². The van der Waals surface area contributed by atoms with Crippen molar-refractivity contribution in [2.45, 2.75) is 45.0 Å². The van der Waals surface area contributed by atoms with Crippen LogP contribution in [-0.4, -0.2) is 37.5 Å². The predicted octanol–water partition coefficient (Wildman–Crippen LogP) is 2.27. The van der Waals surface area contributed by atoms with E-state index in [0.29, 0.717) is 17.9 Å². The Morgan fingerprint density at radius 1 is 1.37 bits per heavy atom. The Balaban J connectivity index is 1.91. The van der Waals surface area contributed by atoms with Gasteiger partial charge in [-0.15, -0.1) is 0 Å². The van der Waals surface area contributed by atoms with Gasteiger partial charge in [-0.3, -0.25) is 0 Å². The molecular formula is C13H24N4OSi. The Hall–Kier alpha value is -1.14. The number of rotatable bonds is 3. The normalized spacial score (nSPS) is 17.4. The number of nitrogens with two attached hydrogens (primary N) is 1. The summed E-state index contributed by atoms with van der Waals surface area (Å²) in [6.45, 7) is 13.1. The third-order valence-corrected chi connectivity index (χ3v) is 8.60. The molecule has 1 aliphatic heterocycles. The molecule has 0 saturated carbocycles. The predicted molar refractivity (Wildman–Crippen MR) is 80.7 cm³/mol. The van der Waals surface area contributed by atoms with Crippen molar-refractivity contribution in [3.63, 3.8) is 0 Å². The van der Waals surface area contributed by atoms with Gasteiger partial charge in [0.05, 0.1) is 6.10 Å². The van der Waals surface area contributed by atoms with Gasteiger partial charge in [-0.1, -0.05) is 20.8 Å². The van der Waals surface area contributed by atoms with Crippen molar-refractivity contribution >= 4 is 20.1 Å². The average Bonchev–Trinajstić information content (AvgIpc) is 2.21. The van der Waals surface area contributed by atoms with Gasteiger partial charge in [0.2, 0.25) is 5.95 Å². The van der Waals surface area contributed by atoms with Gasteiger partial charge in [0.25, 0.3) is 0 Å². The first-order valence-corrected chi connectivity index (χ1v) is 9.61. The Morgan fingerprint density at radius 3 is 2.53 bits per heavy atom. The Kier molecular flexibility index (Phi) is 3.57. The maximum absolute atomic E-state index is 6.33. The molecule has 1 saturated heterocycles. The highest BCUT2D eigenvalue weighted by Gasteiger charge is 2.42. The summed E-state index contributed by atoms with van der Waals surface area (Å²) in [5.41, 5.74) is 5.67. The summed E-state index contributed by atoms with van der Waals surface area (Å²) in [5, 5.41) is 0.251. The average molecular weight is 280 g/mol. The molecule has 6 heteroatoms. The van der Waals surface area contributed by atoms with E-state index in [1.807, 2.05) is 0 Å². The number of nitrogen functional groups attached to an aromatic ring is 1. The summed E-state index contributed by atoms with van der Waals surface area (Å²) >= 11 is 0. The third kappa shape index (κ3) is 3.06. The van der Waals surface area contributed by atoms with Crippen molar-refractivity contribution in [2.75, 3.05) is 23.7 Å². The lowest BCUT2D eigenvalue weighted by molar-refractivity contribution is 0.148. The SMILES string of the molecule is CC(C)(C)[Si](C)(C)OC1CN(c2nccc(N)n2)C1. The number of anilines is 2. The van der Waals surface area contributed by atoms with Gasteiger partial charge in [-0.2, -0.15) is 4.98 Å². The van der Waals surface area contributed by atoms with Crippen LogP contribution in [0.3, 0.4) is 0 Å². The number of hydrogen-bond acceptors (Lipinski definition) is 5. The van der Waals surface area contributed by atoms with E-state index in [4.69, 9.17) is 10.2 Å². The highest BCUT2D eigenvalue weighted by Crippen LogP contribution is 2.38. The molecule has 0 radical (unpaired) electrons. The summed E-state index contributed by atoms with van der Waals surface area (Å²) in [7, 11) is -1.67. The van der Waals surface area contributed by atoms with Gasteiger partial charge >= 0.3 is 0 Å². The first-order chi connectivity index (χ1) is 8.69. The quantitative estimate of drug-likeness (QED) is 0.861. The van der Waals surface area contributed by atoms with Crippen LogP contribution in [0, 0.1) is 0 Å². The van der Waals surface area contributed by atoms with Crippen LogP contribution in [0.25, 0.3) is 0 Å². The lowest BCUT2D eigenvalue weighted by Crippen LogP contribution is -2.58. The lowest BCUT2D eigenvalue weighted by atomic mass is 10.2. The van der Waals surface area contributed by atoms with Crippen molar-refractivity contribution < 1.29 is 4.43 Å². The van der Waals surface area contributed by atoms with E-state index in [0.717, 1.165) is 13.1 Å². The number of aromatic nitrogens is 2. The summed E-state index contributed by atoms with van der Waals surface area (Å²) < 4.78 is 6.33. The van der Waals surface area contributed by atoms with Gasteiger partial charge in [0, 0.05) is 19.3 Å². The van der Waals surface area contributed by atoms with E-state index >= 15 is 0 Å². The second-order valence-corrected chi connectivity index (χ2v) is 11.4. The van der Waals surface area contributed by atoms with Crippen LogP contribution in [0.1, 0.15) is 20.8 Å². The highest BCUT2D eigenvalue weighted by molar-refractivity contribution is 6.74. The van der Waals surface area contributed by atoms with E-state index in [-0.39, 0.29) is 5.04 Å². The topological polar surface area (TPSA) is 64.3 Å². The highest BCUT2D eigenvalue weighted by atomic mass is 28.4. The van der Waals surface area contributed by atoms with Crippen LogP contribution in [-0.2, 0) is 4.43 Å². The molecule has 1 aliphatic rings. The minimum absolute atomic E-state index is 0.251. The van der Waals surface area contributed by atoms with Crippen molar-refractivity contribution in [3.05, 3.63) is 12.3 Å². The second-order valence-electron chi connectivity index (χ2n) is 6.69. The molecule has 0 unspecified atom stereocenters. The van der Waals surface area contributed by atoms with E-state index in [2.05, 4.69) is 48.7 Å². The third-order valence-electron chi connectivity index (χ3n) is 4.06. The molecule has 2 N–H and O–H groups in total. The summed E-state index contributed by atoms with van der Waals surface area (Å²) in [5.74, 6) is 1.22. The zero-order chi connectivity index (χ0) is 14.3. The monoisotopic (exact) mass is 280 g/mol. The molecule has 2 rings (SSSR count). The molecule has 0 spiro atoms. The fourth-order valence-electron chi connectivity index (χ4n) is 1.78. The van der Waals surface area contributed by atoms with E-state index in [1.165, 1.54) is 0 Å². The van der Waals surface area contributed by atoms with Crippen LogP contribution in [0.4, 0.5) is 11.8 Å². The zero-order valence-corrected chi connectivity index (χ0v) is 13.5. The van der Waals surface area contributed by atoms with Gasteiger partial charge < -0.3 is 15.1 Å². The molecule has 0 bridgehead atoms. The van der Waals surface area contributed by atoms with E-state index in [9.17, 15) is 0 Å². The van der Waals surface area contributed by atoms with Gasteiger partial charge in [0.15, 0.2) is 8.32 Å². The molecule has 2 heterocycles. The molecule has 19 heavy (non-hydrogen) atoms. The second kappa shape index (κ2) is 4.75. The molecule has 1 aromatic heterocycles. The molecule has 106 valence electrons. The largest absolute Gasteiger partial charge is 0.410 e. The maximum Gasteiger partial charge on any atom is 0.227 e. The Labute approximate surface area is 116 Å². The summed E-state index contributed by atoms with van der Waals surface area (Å²) in [4.78, 5) is 10.6. The Bertz CT molecular complexity index is 452. The fourth-order valence-corrected chi connectivity index (χ4v) is 3.12. The van der Waals surface area contributed by atoms with Crippen molar-refractivity contribution in [1.82, 2.24) is 9.97 Å². The van der Waals surface area contributed by atoms with Gasteiger partial charge in [-0.25, -0.2) is 4.98 Å². The molecule has 1 aromatic rings. The van der Waals surface area contributed by atoms with Crippen molar-refractivity contribution in [2.24, 2.45) is 0 Å². The smallest absolute Gasteiger partial charge is 0.227 e. The number of nitrogens with zero attached hydrogens (tertiary/aromatic N) is 3. The standard InChI is InChI=1S/C13H24N4OSi/c1-13(2,3)19(4,5)18-10-8-17(9-10)12-15-7-6-11(14)16-12/h6-7,10H,8-9H2,1-5H3,(H2,14,15,16). The lowest BCUT2D eigenvalue weighted by Gasteiger charge is -2.46. The minimum Gasteiger partial charge on any atom is -0.410 e. The molecule has 5 nitrogen and oxygen atoms in total. The van der Waals surface area contributed by atoms with Crippen LogP contribution in [0.5, 0.6) is 0 Å².